The third kappa shape index (κ3) is 5.94. The van der Waals surface area contributed by atoms with Crippen LogP contribution in [0.4, 0.5) is 0 Å². The molecule has 0 amide bonds. The van der Waals surface area contributed by atoms with Gasteiger partial charge in [-0.05, 0) is 25.1 Å². The van der Waals surface area contributed by atoms with Gasteiger partial charge in [-0.25, -0.2) is 0 Å². The van der Waals surface area contributed by atoms with Crippen LogP contribution in [-0.4, -0.2) is 19.7 Å². The second kappa shape index (κ2) is 9.48. The minimum Gasteiger partial charge on any atom is -0.491 e. The largest absolute Gasteiger partial charge is 0.491 e. The predicted octanol–water partition coefficient (Wildman–Crippen LogP) is 4.54. The molecule has 0 spiro atoms. The summed E-state index contributed by atoms with van der Waals surface area (Å²) in [7, 11) is 0. The number of benzene rings is 1. The standard InChI is InChI=1S/C14H21Cl2NO/c1-2-3-4-5-9-17-10-11-18-13-8-6-7-12(15)14(13)16/h6-8,17H,2-5,9-11H2,1H3. The van der Waals surface area contributed by atoms with E-state index in [2.05, 4.69) is 12.2 Å². The first-order valence-corrected chi connectivity index (χ1v) is 7.28. The molecule has 0 bridgehead atoms. The fraction of sp³-hybridized carbons (Fsp3) is 0.571. The molecule has 0 saturated heterocycles. The summed E-state index contributed by atoms with van der Waals surface area (Å²) in [5.41, 5.74) is 0. The van der Waals surface area contributed by atoms with Crippen molar-refractivity contribution >= 4 is 23.2 Å². The summed E-state index contributed by atoms with van der Waals surface area (Å²) in [5, 5.41) is 4.36. The fourth-order valence-electron chi connectivity index (χ4n) is 1.63. The molecule has 4 heteroatoms. The lowest BCUT2D eigenvalue weighted by Crippen LogP contribution is -2.22. The summed E-state index contributed by atoms with van der Waals surface area (Å²) >= 11 is 11.9. The number of rotatable bonds is 9. The Morgan fingerprint density at radius 2 is 1.94 bits per heavy atom. The predicted molar refractivity (Wildman–Crippen MR) is 79.0 cm³/mol. The average Bonchev–Trinajstić information content (AvgIpc) is 2.37. The van der Waals surface area contributed by atoms with E-state index in [1.807, 2.05) is 12.1 Å². The molecule has 102 valence electrons. The Morgan fingerprint density at radius 1 is 1.11 bits per heavy atom. The van der Waals surface area contributed by atoms with Gasteiger partial charge >= 0.3 is 0 Å². The van der Waals surface area contributed by atoms with Gasteiger partial charge in [0.05, 0.1) is 5.02 Å². The van der Waals surface area contributed by atoms with Crippen LogP contribution in [0.5, 0.6) is 5.75 Å². The zero-order valence-corrected chi connectivity index (χ0v) is 12.4. The second-order valence-electron chi connectivity index (χ2n) is 4.21. The highest BCUT2D eigenvalue weighted by Gasteiger charge is 2.04. The lowest BCUT2D eigenvalue weighted by Gasteiger charge is -2.09. The van der Waals surface area contributed by atoms with Crippen molar-refractivity contribution in [1.29, 1.82) is 0 Å². The maximum absolute atomic E-state index is 6.01. The van der Waals surface area contributed by atoms with Crippen molar-refractivity contribution in [3.05, 3.63) is 28.2 Å². The SMILES string of the molecule is CCCCCCNCCOc1cccc(Cl)c1Cl. The van der Waals surface area contributed by atoms with Crippen LogP contribution in [0.15, 0.2) is 18.2 Å². The molecule has 18 heavy (non-hydrogen) atoms. The molecule has 1 N–H and O–H groups in total. The lowest BCUT2D eigenvalue weighted by molar-refractivity contribution is 0.313. The van der Waals surface area contributed by atoms with Gasteiger partial charge in [-0.3, -0.25) is 0 Å². The molecule has 0 aliphatic carbocycles. The molecule has 1 rings (SSSR count). The topological polar surface area (TPSA) is 21.3 Å². The van der Waals surface area contributed by atoms with Gasteiger partial charge in [-0.1, -0.05) is 55.5 Å². The Kier molecular flexibility index (Phi) is 8.23. The Bertz CT molecular complexity index is 345. The summed E-state index contributed by atoms with van der Waals surface area (Å²) in [4.78, 5) is 0. The molecular weight excluding hydrogens is 269 g/mol. The summed E-state index contributed by atoms with van der Waals surface area (Å²) in [6, 6.07) is 5.42. The van der Waals surface area contributed by atoms with E-state index in [0.29, 0.717) is 22.4 Å². The Labute approximate surface area is 120 Å². The third-order valence-corrected chi connectivity index (χ3v) is 3.46. The molecule has 0 fully saturated rings. The van der Waals surface area contributed by atoms with Crippen LogP contribution < -0.4 is 10.1 Å². The van der Waals surface area contributed by atoms with Gasteiger partial charge in [0, 0.05) is 6.54 Å². The van der Waals surface area contributed by atoms with E-state index >= 15 is 0 Å². The second-order valence-corrected chi connectivity index (χ2v) is 5.00. The van der Waals surface area contributed by atoms with E-state index in [4.69, 9.17) is 27.9 Å². The van der Waals surface area contributed by atoms with E-state index < -0.39 is 0 Å². The summed E-state index contributed by atoms with van der Waals surface area (Å²) in [6.45, 7) is 4.70. The Hall–Kier alpha value is -0.440. The highest BCUT2D eigenvalue weighted by atomic mass is 35.5. The van der Waals surface area contributed by atoms with Crippen molar-refractivity contribution in [1.82, 2.24) is 5.32 Å². The molecule has 1 aromatic carbocycles. The van der Waals surface area contributed by atoms with Crippen molar-refractivity contribution in [2.24, 2.45) is 0 Å². The van der Waals surface area contributed by atoms with Crippen LogP contribution in [0.1, 0.15) is 32.6 Å². The van der Waals surface area contributed by atoms with Crippen molar-refractivity contribution in [3.8, 4) is 5.75 Å². The van der Waals surface area contributed by atoms with Crippen LogP contribution in [-0.2, 0) is 0 Å². The molecule has 2 nitrogen and oxygen atoms in total. The lowest BCUT2D eigenvalue weighted by atomic mass is 10.2. The zero-order valence-electron chi connectivity index (χ0n) is 10.8. The Morgan fingerprint density at radius 3 is 2.72 bits per heavy atom. The molecule has 1 aromatic rings. The smallest absolute Gasteiger partial charge is 0.139 e. The van der Waals surface area contributed by atoms with Crippen molar-refractivity contribution in [3.63, 3.8) is 0 Å². The van der Waals surface area contributed by atoms with Crippen molar-refractivity contribution in [2.75, 3.05) is 19.7 Å². The van der Waals surface area contributed by atoms with E-state index in [-0.39, 0.29) is 0 Å². The molecular formula is C14H21Cl2NO. The van der Waals surface area contributed by atoms with E-state index in [0.717, 1.165) is 13.1 Å². The number of hydrogen-bond donors (Lipinski definition) is 1. The van der Waals surface area contributed by atoms with Gasteiger partial charge in [-0.15, -0.1) is 0 Å². The highest BCUT2D eigenvalue weighted by Crippen LogP contribution is 2.31. The van der Waals surface area contributed by atoms with E-state index in [9.17, 15) is 0 Å². The van der Waals surface area contributed by atoms with Gasteiger partial charge in [0.25, 0.3) is 0 Å². The quantitative estimate of drug-likeness (QED) is 0.674. The number of unbranched alkanes of at least 4 members (excludes halogenated alkanes) is 3. The first kappa shape index (κ1) is 15.6. The van der Waals surface area contributed by atoms with Crippen LogP contribution >= 0.6 is 23.2 Å². The normalized spacial score (nSPS) is 10.6. The molecule has 0 aliphatic rings. The number of ether oxygens (including phenoxy) is 1. The minimum atomic E-state index is 0.488. The van der Waals surface area contributed by atoms with Crippen LogP contribution in [0.2, 0.25) is 10.0 Å². The first-order valence-electron chi connectivity index (χ1n) is 6.53. The fourth-order valence-corrected chi connectivity index (χ4v) is 1.98. The summed E-state index contributed by atoms with van der Waals surface area (Å²) in [6.07, 6.45) is 5.11. The molecule has 0 aromatic heterocycles. The monoisotopic (exact) mass is 289 g/mol. The average molecular weight is 290 g/mol. The third-order valence-electron chi connectivity index (χ3n) is 2.66. The molecule has 0 heterocycles. The van der Waals surface area contributed by atoms with Crippen molar-refractivity contribution in [2.45, 2.75) is 32.6 Å². The number of nitrogens with one attached hydrogen (secondary N) is 1. The zero-order chi connectivity index (χ0) is 13.2. The highest BCUT2D eigenvalue weighted by molar-refractivity contribution is 6.42. The maximum atomic E-state index is 6.01. The molecule has 0 atom stereocenters. The molecule has 0 saturated carbocycles. The summed E-state index contributed by atoms with van der Waals surface area (Å²) < 4.78 is 5.57. The van der Waals surface area contributed by atoms with E-state index in [1.54, 1.807) is 6.07 Å². The van der Waals surface area contributed by atoms with Gasteiger partial charge in [0.15, 0.2) is 0 Å². The minimum absolute atomic E-state index is 0.488. The van der Waals surface area contributed by atoms with Gasteiger partial charge in [-0.2, -0.15) is 0 Å². The summed E-state index contributed by atoms with van der Waals surface area (Å²) in [5.74, 6) is 0.650. The Balaban J connectivity index is 2.09. The number of halogens is 2. The molecule has 0 radical (unpaired) electrons. The van der Waals surface area contributed by atoms with Crippen LogP contribution in [0, 0.1) is 0 Å². The first-order chi connectivity index (χ1) is 8.75. The van der Waals surface area contributed by atoms with E-state index in [1.165, 1.54) is 25.7 Å². The van der Waals surface area contributed by atoms with Gasteiger partial charge in [0.2, 0.25) is 0 Å². The van der Waals surface area contributed by atoms with Crippen molar-refractivity contribution < 1.29 is 4.74 Å². The van der Waals surface area contributed by atoms with Crippen LogP contribution in [0.25, 0.3) is 0 Å². The number of hydrogen-bond acceptors (Lipinski definition) is 2. The van der Waals surface area contributed by atoms with Gasteiger partial charge in [0.1, 0.15) is 17.4 Å². The molecule has 0 unspecified atom stereocenters. The molecule has 0 aliphatic heterocycles. The van der Waals surface area contributed by atoms with Crippen LogP contribution in [0.3, 0.4) is 0 Å². The maximum Gasteiger partial charge on any atom is 0.139 e. The van der Waals surface area contributed by atoms with Gasteiger partial charge < -0.3 is 10.1 Å².